The molecule has 1 aromatic carbocycles. The molecule has 112 valence electrons. The molecule has 1 aromatic rings. The van der Waals surface area contributed by atoms with E-state index < -0.39 is 11.9 Å². The number of benzene rings is 1. The number of halogens is 1. The molecule has 0 aliphatic heterocycles. The summed E-state index contributed by atoms with van der Waals surface area (Å²) in [4.78, 5) is 12.0. The monoisotopic (exact) mass is 283 g/mol. The first-order valence-electron chi connectivity index (χ1n) is 6.49. The Kier molecular flexibility index (Phi) is 5.65. The summed E-state index contributed by atoms with van der Waals surface area (Å²) in [5.74, 6) is -0.747. The van der Waals surface area contributed by atoms with Gasteiger partial charge in [-0.25, -0.2) is 4.39 Å². The smallest absolute Gasteiger partial charge is 0.251 e. The van der Waals surface area contributed by atoms with Crippen LogP contribution in [0.4, 0.5) is 4.39 Å². The van der Waals surface area contributed by atoms with Crippen LogP contribution in [0.25, 0.3) is 0 Å². The Hall–Kier alpha value is -1.46. The van der Waals surface area contributed by atoms with Crippen molar-refractivity contribution in [3.63, 3.8) is 0 Å². The molecule has 0 heterocycles. The van der Waals surface area contributed by atoms with E-state index in [0.29, 0.717) is 11.1 Å². The van der Waals surface area contributed by atoms with Crippen LogP contribution >= 0.6 is 0 Å². The highest BCUT2D eigenvalue weighted by Gasteiger charge is 2.22. The molecular weight excluding hydrogens is 261 g/mol. The fraction of sp³-hybridized carbons (Fsp3) is 0.533. The second-order valence-corrected chi connectivity index (χ2v) is 5.83. The molecule has 5 heteroatoms. The van der Waals surface area contributed by atoms with Gasteiger partial charge in [0.05, 0.1) is 12.7 Å². The van der Waals surface area contributed by atoms with Gasteiger partial charge in [0.2, 0.25) is 0 Å². The maximum atomic E-state index is 13.4. The van der Waals surface area contributed by atoms with E-state index in [-0.39, 0.29) is 24.5 Å². The lowest BCUT2D eigenvalue weighted by Gasteiger charge is -2.25. The zero-order chi connectivity index (χ0) is 15.3. The summed E-state index contributed by atoms with van der Waals surface area (Å²) in [6.07, 6.45) is -0.648. The van der Waals surface area contributed by atoms with E-state index in [1.165, 1.54) is 25.3 Å². The van der Waals surface area contributed by atoms with Crippen LogP contribution in [0, 0.1) is 11.2 Å². The summed E-state index contributed by atoms with van der Waals surface area (Å²) in [6, 6.07) is 4.11. The maximum Gasteiger partial charge on any atom is 0.251 e. The Balaban J connectivity index is 2.71. The van der Waals surface area contributed by atoms with Crippen LogP contribution in [0.1, 0.15) is 36.7 Å². The Labute approximate surface area is 119 Å². The molecule has 0 bridgehead atoms. The van der Waals surface area contributed by atoms with E-state index in [4.69, 9.17) is 4.74 Å². The molecule has 4 nitrogen and oxygen atoms in total. The predicted octanol–water partition coefficient (Wildman–Crippen LogP) is 2.11. The first-order valence-corrected chi connectivity index (χ1v) is 6.49. The molecule has 0 radical (unpaired) electrons. The molecule has 0 fully saturated rings. The average Bonchev–Trinajstić information content (AvgIpc) is 2.37. The van der Waals surface area contributed by atoms with Crippen LogP contribution in [0.3, 0.4) is 0 Å². The second kappa shape index (κ2) is 6.81. The third-order valence-corrected chi connectivity index (χ3v) is 3.06. The van der Waals surface area contributed by atoms with Crippen molar-refractivity contribution in [3.8, 4) is 0 Å². The number of nitrogens with one attached hydrogen (secondary N) is 1. The molecule has 0 saturated heterocycles. The van der Waals surface area contributed by atoms with E-state index in [9.17, 15) is 14.3 Å². The molecule has 1 unspecified atom stereocenters. The molecule has 0 aliphatic rings. The summed E-state index contributed by atoms with van der Waals surface area (Å²) in [7, 11) is 1.46. The number of carbonyl (C=O) groups excluding carboxylic acids is 1. The number of carbonyl (C=O) groups is 1. The molecule has 2 N–H and O–H groups in total. The Morgan fingerprint density at radius 1 is 1.45 bits per heavy atom. The first kappa shape index (κ1) is 16.6. The number of aliphatic hydroxyl groups excluding tert-OH is 1. The van der Waals surface area contributed by atoms with Gasteiger partial charge in [-0.15, -0.1) is 0 Å². The molecule has 1 atom stereocenters. The van der Waals surface area contributed by atoms with E-state index in [1.807, 2.05) is 20.8 Å². The standard InChI is InChI=1S/C15H22FNO3/c1-15(2,3)13(18)8-17-14(19)10-5-6-12(16)11(7-10)9-20-4/h5-7,13,18H,8-9H2,1-4H3,(H,17,19). The molecule has 1 amide bonds. The van der Waals surface area contributed by atoms with Crippen LogP contribution in [0.15, 0.2) is 18.2 Å². The topological polar surface area (TPSA) is 58.6 Å². The molecule has 20 heavy (non-hydrogen) atoms. The molecule has 0 aliphatic carbocycles. The van der Waals surface area contributed by atoms with Gasteiger partial charge in [0, 0.05) is 24.8 Å². The molecule has 0 spiro atoms. The normalized spacial score (nSPS) is 13.1. The van der Waals surface area contributed by atoms with Gasteiger partial charge in [0.25, 0.3) is 5.91 Å². The zero-order valence-corrected chi connectivity index (χ0v) is 12.4. The summed E-state index contributed by atoms with van der Waals surface area (Å²) < 4.78 is 18.3. The summed E-state index contributed by atoms with van der Waals surface area (Å²) in [5.41, 5.74) is 0.369. The minimum Gasteiger partial charge on any atom is -0.391 e. The minimum atomic E-state index is -0.648. The number of aliphatic hydroxyl groups is 1. The lowest BCUT2D eigenvalue weighted by Crippen LogP contribution is -2.39. The third kappa shape index (κ3) is 4.58. The van der Waals surface area contributed by atoms with Gasteiger partial charge < -0.3 is 15.2 Å². The maximum absolute atomic E-state index is 13.4. The van der Waals surface area contributed by atoms with Gasteiger partial charge in [0.15, 0.2) is 0 Å². The van der Waals surface area contributed by atoms with E-state index >= 15 is 0 Å². The van der Waals surface area contributed by atoms with Crippen molar-refractivity contribution in [2.24, 2.45) is 5.41 Å². The van der Waals surface area contributed by atoms with Gasteiger partial charge >= 0.3 is 0 Å². The van der Waals surface area contributed by atoms with Gasteiger partial charge in [-0.05, 0) is 23.6 Å². The number of rotatable bonds is 5. The number of amides is 1. The van der Waals surface area contributed by atoms with Gasteiger partial charge in [-0.2, -0.15) is 0 Å². The molecular formula is C15H22FNO3. The Morgan fingerprint density at radius 2 is 2.10 bits per heavy atom. The van der Waals surface area contributed by atoms with Crippen molar-refractivity contribution >= 4 is 5.91 Å². The second-order valence-electron chi connectivity index (χ2n) is 5.83. The van der Waals surface area contributed by atoms with Crippen LogP contribution in [0.5, 0.6) is 0 Å². The molecule has 1 rings (SSSR count). The molecule has 0 aromatic heterocycles. The lowest BCUT2D eigenvalue weighted by molar-refractivity contribution is 0.0587. The summed E-state index contributed by atoms with van der Waals surface area (Å²) >= 11 is 0. The van der Waals surface area contributed by atoms with E-state index in [2.05, 4.69) is 5.32 Å². The summed E-state index contributed by atoms with van der Waals surface area (Å²) in [6.45, 7) is 5.92. The zero-order valence-electron chi connectivity index (χ0n) is 12.4. The predicted molar refractivity (Wildman–Crippen MR) is 74.9 cm³/mol. The Bertz CT molecular complexity index is 469. The van der Waals surface area contributed by atoms with E-state index in [1.54, 1.807) is 0 Å². The van der Waals surface area contributed by atoms with E-state index in [0.717, 1.165) is 0 Å². The van der Waals surface area contributed by atoms with Crippen molar-refractivity contribution in [1.29, 1.82) is 0 Å². The highest BCUT2D eigenvalue weighted by molar-refractivity contribution is 5.94. The van der Waals surface area contributed by atoms with Gasteiger partial charge in [-0.3, -0.25) is 4.79 Å². The first-order chi connectivity index (χ1) is 9.25. The quantitative estimate of drug-likeness (QED) is 0.870. The third-order valence-electron chi connectivity index (χ3n) is 3.06. The van der Waals surface area contributed by atoms with Crippen molar-refractivity contribution < 1.29 is 19.0 Å². The molecule has 0 saturated carbocycles. The minimum absolute atomic E-state index is 0.109. The van der Waals surface area contributed by atoms with Crippen LogP contribution < -0.4 is 5.32 Å². The van der Waals surface area contributed by atoms with Crippen LogP contribution in [-0.2, 0) is 11.3 Å². The lowest BCUT2D eigenvalue weighted by atomic mass is 9.89. The number of ether oxygens (including phenoxy) is 1. The van der Waals surface area contributed by atoms with Crippen LogP contribution in [-0.4, -0.2) is 30.8 Å². The number of hydrogen-bond donors (Lipinski definition) is 2. The van der Waals surface area contributed by atoms with Crippen molar-refractivity contribution in [2.75, 3.05) is 13.7 Å². The largest absolute Gasteiger partial charge is 0.391 e. The van der Waals surface area contributed by atoms with Crippen molar-refractivity contribution in [2.45, 2.75) is 33.5 Å². The van der Waals surface area contributed by atoms with Gasteiger partial charge in [0.1, 0.15) is 5.82 Å². The fourth-order valence-corrected chi connectivity index (χ4v) is 1.58. The van der Waals surface area contributed by atoms with Crippen LogP contribution in [0.2, 0.25) is 0 Å². The fourth-order valence-electron chi connectivity index (χ4n) is 1.58. The number of hydrogen-bond acceptors (Lipinski definition) is 3. The summed E-state index contributed by atoms with van der Waals surface area (Å²) in [5, 5.41) is 12.5. The van der Waals surface area contributed by atoms with Crippen molar-refractivity contribution in [1.82, 2.24) is 5.32 Å². The SMILES string of the molecule is COCc1cc(C(=O)NCC(O)C(C)(C)C)ccc1F. The Morgan fingerprint density at radius 3 is 2.65 bits per heavy atom. The average molecular weight is 283 g/mol. The highest BCUT2D eigenvalue weighted by Crippen LogP contribution is 2.18. The van der Waals surface area contributed by atoms with Crippen molar-refractivity contribution in [3.05, 3.63) is 35.1 Å². The van der Waals surface area contributed by atoms with Gasteiger partial charge in [-0.1, -0.05) is 20.8 Å². The highest BCUT2D eigenvalue weighted by atomic mass is 19.1. The number of methoxy groups -OCH3 is 1.